The Hall–Kier alpha value is -1.35. The van der Waals surface area contributed by atoms with Crippen molar-refractivity contribution in [3.63, 3.8) is 0 Å². The van der Waals surface area contributed by atoms with Gasteiger partial charge in [-0.25, -0.2) is 0 Å². The summed E-state index contributed by atoms with van der Waals surface area (Å²) in [4.78, 5) is 12.5. The molecule has 3 heteroatoms. The normalized spacial score (nSPS) is 27.9. The number of hydrogen-bond donors (Lipinski definition) is 2. The van der Waals surface area contributed by atoms with E-state index in [4.69, 9.17) is 5.73 Å². The van der Waals surface area contributed by atoms with Gasteiger partial charge in [0.15, 0.2) is 0 Å². The molecular formula is C17H26N2O. The van der Waals surface area contributed by atoms with Gasteiger partial charge in [-0.15, -0.1) is 0 Å². The van der Waals surface area contributed by atoms with Crippen LogP contribution in [0.3, 0.4) is 0 Å². The highest BCUT2D eigenvalue weighted by Gasteiger charge is 2.38. The number of nitrogens with one attached hydrogen (secondary N) is 1. The molecular weight excluding hydrogens is 248 g/mol. The molecule has 1 aliphatic carbocycles. The van der Waals surface area contributed by atoms with Crippen molar-refractivity contribution in [3.05, 3.63) is 35.4 Å². The molecule has 0 aromatic heterocycles. The largest absolute Gasteiger partial charge is 0.348 e. The Bertz CT molecular complexity index is 486. The topological polar surface area (TPSA) is 55.1 Å². The van der Waals surface area contributed by atoms with Crippen LogP contribution < -0.4 is 11.1 Å². The second-order valence-corrected chi connectivity index (χ2v) is 6.41. The van der Waals surface area contributed by atoms with Gasteiger partial charge in [-0.2, -0.15) is 0 Å². The maximum atomic E-state index is 12.5. The fraction of sp³-hybridized carbons (Fsp3) is 0.588. The summed E-state index contributed by atoms with van der Waals surface area (Å²) in [5, 5.41) is 3.10. The Morgan fingerprint density at radius 2 is 2.15 bits per heavy atom. The first kappa shape index (κ1) is 15.0. The Balaban J connectivity index is 2.06. The molecule has 1 saturated carbocycles. The van der Waals surface area contributed by atoms with Gasteiger partial charge < -0.3 is 11.1 Å². The van der Waals surface area contributed by atoms with Crippen LogP contribution in [0.4, 0.5) is 0 Å². The van der Waals surface area contributed by atoms with E-state index in [9.17, 15) is 4.79 Å². The molecule has 0 aliphatic heterocycles. The zero-order chi connectivity index (χ0) is 14.8. The molecule has 0 heterocycles. The van der Waals surface area contributed by atoms with Crippen LogP contribution >= 0.6 is 0 Å². The molecule has 3 atom stereocenters. The number of amides is 1. The highest BCUT2D eigenvalue weighted by atomic mass is 16.2. The highest BCUT2D eigenvalue weighted by Crippen LogP contribution is 2.31. The van der Waals surface area contributed by atoms with Crippen molar-refractivity contribution in [2.75, 3.05) is 0 Å². The van der Waals surface area contributed by atoms with Crippen LogP contribution in [0.5, 0.6) is 0 Å². The minimum atomic E-state index is -0.686. The first-order chi connectivity index (χ1) is 9.42. The molecule has 2 unspecified atom stereocenters. The van der Waals surface area contributed by atoms with Gasteiger partial charge >= 0.3 is 0 Å². The maximum absolute atomic E-state index is 12.5. The van der Waals surface area contributed by atoms with E-state index in [1.165, 1.54) is 12.0 Å². The van der Waals surface area contributed by atoms with Crippen LogP contribution in [0.25, 0.3) is 0 Å². The first-order valence-corrected chi connectivity index (χ1v) is 7.58. The summed E-state index contributed by atoms with van der Waals surface area (Å²) < 4.78 is 0. The van der Waals surface area contributed by atoms with Gasteiger partial charge in [0, 0.05) is 0 Å². The minimum absolute atomic E-state index is 0.000182. The number of hydrogen-bond acceptors (Lipinski definition) is 2. The van der Waals surface area contributed by atoms with E-state index in [-0.39, 0.29) is 11.9 Å². The molecule has 0 radical (unpaired) electrons. The van der Waals surface area contributed by atoms with Crippen LogP contribution in [0.2, 0.25) is 0 Å². The number of nitrogens with two attached hydrogens (primary N) is 1. The Kier molecular flexibility index (Phi) is 4.48. The van der Waals surface area contributed by atoms with Gasteiger partial charge in [-0.1, -0.05) is 44.0 Å². The van der Waals surface area contributed by atoms with E-state index in [0.717, 1.165) is 24.8 Å². The number of carbonyl (C=O) groups excluding carboxylic acids is 1. The Labute approximate surface area is 121 Å². The third-order valence-electron chi connectivity index (χ3n) is 4.49. The predicted octanol–water partition coefficient (Wildman–Crippen LogP) is 3.08. The SMILES string of the molecule is Cc1ccccc1[C@H](C)NC(=O)C1(N)CCCC(C)C1. The van der Waals surface area contributed by atoms with Gasteiger partial charge in [-0.05, 0) is 43.7 Å². The Morgan fingerprint density at radius 1 is 1.45 bits per heavy atom. The lowest BCUT2D eigenvalue weighted by molar-refractivity contribution is -0.128. The van der Waals surface area contributed by atoms with Crippen molar-refractivity contribution in [3.8, 4) is 0 Å². The van der Waals surface area contributed by atoms with Crippen molar-refractivity contribution < 1.29 is 4.79 Å². The monoisotopic (exact) mass is 274 g/mol. The van der Waals surface area contributed by atoms with E-state index < -0.39 is 5.54 Å². The van der Waals surface area contributed by atoms with Crippen molar-refractivity contribution in [2.45, 2.75) is 58.0 Å². The van der Waals surface area contributed by atoms with Gasteiger partial charge in [0.05, 0.1) is 11.6 Å². The maximum Gasteiger partial charge on any atom is 0.240 e. The second kappa shape index (κ2) is 5.96. The van der Waals surface area contributed by atoms with E-state index in [0.29, 0.717) is 5.92 Å². The molecule has 1 aliphatic rings. The molecule has 1 aromatic carbocycles. The zero-order valence-corrected chi connectivity index (χ0v) is 12.8. The molecule has 1 aromatic rings. The van der Waals surface area contributed by atoms with Gasteiger partial charge in [0.25, 0.3) is 0 Å². The lowest BCUT2D eigenvalue weighted by Gasteiger charge is -2.36. The standard InChI is InChI=1S/C17H26N2O/c1-12-7-6-10-17(18,11-12)16(20)19-14(3)15-9-5-4-8-13(15)2/h4-5,8-9,12,14H,6-7,10-11,18H2,1-3H3,(H,19,20)/t12?,14-,17?/m0/s1. The van der Waals surface area contributed by atoms with Crippen LogP contribution in [0.1, 0.15) is 56.7 Å². The summed E-state index contributed by atoms with van der Waals surface area (Å²) in [6.45, 7) is 6.27. The summed E-state index contributed by atoms with van der Waals surface area (Å²) >= 11 is 0. The summed E-state index contributed by atoms with van der Waals surface area (Å²) in [7, 11) is 0. The number of carbonyl (C=O) groups is 1. The summed E-state index contributed by atoms with van der Waals surface area (Å²) in [5.41, 5.74) is 8.02. The van der Waals surface area contributed by atoms with Gasteiger partial charge in [-0.3, -0.25) is 4.79 Å². The van der Waals surface area contributed by atoms with E-state index in [1.54, 1.807) is 0 Å². The molecule has 20 heavy (non-hydrogen) atoms. The molecule has 110 valence electrons. The van der Waals surface area contributed by atoms with Gasteiger partial charge in [0.2, 0.25) is 5.91 Å². The molecule has 0 bridgehead atoms. The molecule has 3 nitrogen and oxygen atoms in total. The lowest BCUT2D eigenvalue weighted by atomic mass is 9.76. The van der Waals surface area contributed by atoms with Crippen molar-refractivity contribution >= 4 is 5.91 Å². The average molecular weight is 274 g/mol. The molecule has 2 rings (SSSR count). The fourth-order valence-corrected chi connectivity index (χ4v) is 3.29. The van der Waals surface area contributed by atoms with Gasteiger partial charge in [0.1, 0.15) is 0 Å². The van der Waals surface area contributed by atoms with Crippen LogP contribution in [0.15, 0.2) is 24.3 Å². The smallest absolute Gasteiger partial charge is 0.240 e. The lowest BCUT2D eigenvalue weighted by Crippen LogP contribution is -2.56. The molecule has 0 saturated heterocycles. The van der Waals surface area contributed by atoms with Crippen molar-refractivity contribution in [1.29, 1.82) is 0 Å². The minimum Gasteiger partial charge on any atom is -0.348 e. The molecule has 0 spiro atoms. The van der Waals surface area contributed by atoms with Crippen molar-refractivity contribution in [1.82, 2.24) is 5.32 Å². The quantitative estimate of drug-likeness (QED) is 0.890. The van der Waals surface area contributed by atoms with E-state index in [2.05, 4.69) is 31.3 Å². The number of aryl methyl sites for hydroxylation is 1. The third-order valence-corrected chi connectivity index (χ3v) is 4.49. The molecule has 1 fully saturated rings. The van der Waals surface area contributed by atoms with Crippen LogP contribution in [-0.2, 0) is 4.79 Å². The zero-order valence-electron chi connectivity index (χ0n) is 12.8. The average Bonchev–Trinajstić information content (AvgIpc) is 2.38. The number of benzene rings is 1. The fourth-order valence-electron chi connectivity index (χ4n) is 3.29. The summed E-state index contributed by atoms with van der Waals surface area (Å²) in [6, 6.07) is 8.15. The Morgan fingerprint density at radius 3 is 2.80 bits per heavy atom. The molecule has 3 N–H and O–H groups in total. The van der Waals surface area contributed by atoms with Crippen LogP contribution in [-0.4, -0.2) is 11.4 Å². The summed E-state index contributed by atoms with van der Waals surface area (Å²) in [6.07, 6.45) is 3.81. The highest BCUT2D eigenvalue weighted by molar-refractivity contribution is 5.86. The predicted molar refractivity (Wildman–Crippen MR) is 82.3 cm³/mol. The second-order valence-electron chi connectivity index (χ2n) is 6.41. The summed E-state index contributed by atoms with van der Waals surface area (Å²) in [5.74, 6) is 0.535. The van der Waals surface area contributed by atoms with E-state index >= 15 is 0 Å². The first-order valence-electron chi connectivity index (χ1n) is 7.58. The van der Waals surface area contributed by atoms with Crippen molar-refractivity contribution in [2.24, 2.45) is 11.7 Å². The van der Waals surface area contributed by atoms with Crippen LogP contribution in [0, 0.1) is 12.8 Å². The molecule has 1 amide bonds. The number of rotatable bonds is 3. The van der Waals surface area contributed by atoms with E-state index in [1.807, 2.05) is 19.1 Å². The third kappa shape index (κ3) is 3.21.